The third-order valence-corrected chi connectivity index (χ3v) is 3.50. The second-order valence-corrected chi connectivity index (χ2v) is 5.43. The van der Waals surface area contributed by atoms with Crippen molar-refractivity contribution in [3.05, 3.63) is 23.6 Å². The van der Waals surface area contributed by atoms with Crippen molar-refractivity contribution in [2.24, 2.45) is 7.05 Å². The molecule has 0 aliphatic carbocycles. The number of hydrogen-bond acceptors (Lipinski definition) is 7. The number of halogens is 1. The van der Waals surface area contributed by atoms with Crippen LogP contribution >= 0.6 is 11.6 Å². The Labute approximate surface area is 133 Å². The number of aromatic nitrogens is 4. The minimum atomic E-state index is 0.245. The summed E-state index contributed by atoms with van der Waals surface area (Å²) in [6.45, 7) is 2.97. The highest BCUT2D eigenvalue weighted by Gasteiger charge is 2.14. The van der Waals surface area contributed by atoms with E-state index in [2.05, 4.69) is 31.0 Å². The van der Waals surface area contributed by atoms with Gasteiger partial charge in [-0.05, 0) is 0 Å². The summed E-state index contributed by atoms with van der Waals surface area (Å²) in [4.78, 5) is 8.56. The molecule has 9 heteroatoms. The van der Waals surface area contributed by atoms with Crippen LogP contribution in [0.1, 0.15) is 0 Å². The second kappa shape index (κ2) is 6.91. The largest absolute Gasteiger partial charge is 0.378 e. The van der Waals surface area contributed by atoms with E-state index in [0.717, 1.165) is 18.8 Å². The first-order valence-corrected chi connectivity index (χ1v) is 7.42. The molecule has 3 heterocycles. The van der Waals surface area contributed by atoms with E-state index in [4.69, 9.17) is 16.3 Å². The van der Waals surface area contributed by atoms with Gasteiger partial charge in [0.15, 0.2) is 5.82 Å². The maximum absolute atomic E-state index is 6.14. The molecule has 0 spiro atoms. The summed E-state index contributed by atoms with van der Waals surface area (Å²) in [6, 6.07) is 0.245. The van der Waals surface area contributed by atoms with Crippen molar-refractivity contribution in [1.29, 1.82) is 0 Å². The molecule has 8 nitrogen and oxygen atoms in total. The predicted molar refractivity (Wildman–Crippen MR) is 84.6 cm³/mol. The van der Waals surface area contributed by atoms with Gasteiger partial charge in [-0.2, -0.15) is 10.1 Å². The van der Waals surface area contributed by atoms with Gasteiger partial charge < -0.3 is 20.7 Å². The van der Waals surface area contributed by atoms with Crippen molar-refractivity contribution in [1.82, 2.24) is 25.1 Å². The number of anilines is 3. The molecule has 1 unspecified atom stereocenters. The molecule has 1 fully saturated rings. The fraction of sp³-hybridized carbons (Fsp3) is 0.462. The van der Waals surface area contributed by atoms with Gasteiger partial charge in [0.05, 0.1) is 31.3 Å². The summed E-state index contributed by atoms with van der Waals surface area (Å²) < 4.78 is 7.12. The van der Waals surface area contributed by atoms with Crippen molar-refractivity contribution in [3.8, 4) is 0 Å². The lowest BCUT2D eigenvalue weighted by Crippen LogP contribution is -2.45. The average molecular weight is 324 g/mol. The number of nitrogens with one attached hydrogen (secondary N) is 3. The lowest BCUT2D eigenvalue weighted by atomic mass is 10.3. The van der Waals surface area contributed by atoms with Crippen molar-refractivity contribution in [2.75, 3.05) is 36.9 Å². The number of rotatable bonds is 5. The van der Waals surface area contributed by atoms with Crippen LogP contribution < -0.4 is 16.0 Å². The van der Waals surface area contributed by atoms with Crippen LogP contribution in [0.15, 0.2) is 18.6 Å². The van der Waals surface area contributed by atoms with Gasteiger partial charge in [-0.1, -0.05) is 11.6 Å². The first-order chi connectivity index (χ1) is 10.7. The van der Waals surface area contributed by atoms with Crippen LogP contribution in [0.3, 0.4) is 0 Å². The predicted octanol–water partition coefficient (Wildman–Crippen LogP) is 1.01. The van der Waals surface area contributed by atoms with Crippen LogP contribution in [0.4, 0.5) is 17.5 Å². The van der Waals surface area contributed by atoms with Crippen LogP contribution in [-0.2, 0) is 11.8 Å². The Morgan fingerprint density at radius 1 is 1.50 bits per heavy atom. The van der Waals surface area contributed by atoms with Crippen LogP contribution in [0, 0.1) is 0 Å². The van der Waals surface area contributed by atoms with Crippen molar-refractivity contribution in [3.63, 3.8) is 0 Å². The lowest BCUT2D eigenvalue weighted by Gasteiger charge is -2.24. The number of ether oxygens (including phenoxy) is 1. The molecule has 3 N–H and O–H groups in total. The summed E-state index contributed by atoms with van der Waals surface area (Å²) in [6.07, 6.45) is 5.11. The zero-order valence-electron chi connectivity index (χ0n) is 12.2. The highest BCUT2D eigenvalue weighted by atomic mass is 35.5. The molecule has 0 bridgehead atoms. The molecule has 3 rings (SSSR count). The van der Waals surface area contributed by atoms with Gasteiger partial charge in [-0.15, -0.1) is 0 Å². The minimum absolute atomic E-state index is 0.245. The summed E-state index contributed by atoms with van der Waals surface area (Å²) in [7, 11) is 1.85. The minimum Gasteiger partial charge on any atom is -0.378 e. The van der Waals surface area contributed by atoms with Crippen molar-refractivity contribution in [2.45, 2.75) is 6.04 Å². The summed E-state index contributed by atoms with van der Waals surface area (Å²) >= 11 is 6.14. The SMILES string of the molecule is Cn1cc(Nc2ncc(Cl)c(NCC3COCCN3)n2)cn1. The van der Waals surface area contributed by atoms with Gasteiger partial charge in [0.1, 0.15) is 5.02 Å². The van der Waals surface area contributed by atoms with E-state index in [1.807, 2.05) is 13.2 Å². The summed E-state index contributed by atoms with van der Waals surface area (Å²) in [5.74, 6) is 1.06. The number of hydrogen-bond donors (Lipinski definition) is 3. The highest BCUT2D eigenvalue weighted by molar-refractivity contribution is 6.32. The Balaban J connectivity index is 1.64. The molecule has 1 aliphatic rings. The first-order valence-electron chi connectivity index (χ1n) is 7.04. The third kappa shape index (κ3) is 3.85. The molecule has 1 aliphatic heterocycles. The number of nitrogens with zero attached hydrogens (tertiary/aromatic N) is 4. The van der Waals surface area contributed by atoms with Gasteiger partial charge in [0.2, 0.25) is 5.95 Å². The van der Waals surface area contributed by atoms with E-state index < -0.39 is 0 Å². The summed E-state index contributed by atoms with van der Waals surface area (Å²) in [5.41, 5.74) is 0.818. The van der Waals surface area contributed by atoms with Crippen LogP contribution in [0.2, 0.25) is 5.02 Å². The van der Waals surface area contributed by atoms with E-state index in [9.17, 15) is 0 Å². The zero-order chi connectivity index (χ0) is 15.4. The lowest BCUT2D eigenvalue weighted by molar-refractivity contribution is 0.0806. The molecule has 0 amide bonds. The number of morpholine rings is 1. The topological polar surface area (TPSA) is 88.9 Å². The quantitative estimate of drug-likeness (QED) is 0.756. The van der Waals surface area contributed by atoms with E-state index >= 15 is 0 Å². The standard InChI is InChI=1S/C13H18ClN7O/c1-21-7-9(5-18-21)19-13-17-6-11(14)12(20-13)16-4-10-8-22-3-2-15-10/h5-7,10,15H,2-4,8H2,1H3,(H2,16,17,19,20). The molecule has 0 aromatic carbocycles. The fourth-order valence-corrected chi connectivity index (χ4v) is 2.29. The van der Waals surface area contributed by atoms with Crippen molar-refractivity contribution < 1.29 is 4.74 Å². The van der Waals surface area contributed by atoms with E-state index in [0.29, 0.717) is 29.9 Å². The molecular formula is C13H18ClN7O. The van der Waals surface area contributed by atoms with Gasteiger partial charge in [-0.3, -0.25) is 4.68 Å². The Bertz CT molecular complexity index is 627. The molecule has 118 valence electrons. The molecular weight excluding hydrogens is 306 g/mol. The number of aryl methyl sites for hydroxylation is 1. The molecule has 1 atom stereocenters. The third-order valence-electron chi connectivity index (χ3n) is 3.22. The van der Waals surface area contributed by atoms with E-state index in [-0.39, 0.29) is 6.04 Å². The van der Waals surface area contributed by atoms with Gasteiger partial charge in [0.25, 0.3) is 0 Å². The van der Waals surface area contributed by atoms with E-state index in [1.165, 1.54) is 0 Å². The van der Waals surface area contributed by atoms with Crippen molar-refractivity contribution >= 4 is 29.1 Å². The smallest absolute Gasteiger partial charge is 0.229 e. The Kier molecular flexibility index (Phi) is 4.71. The molecule has 0 radical (unpaired) electrons. The Hall–Kier alpha value is -1.90. The molecule has 2 aromatic rings. The zero-order valence-corrected chi connectivity index (χ0v) is 13.0. The van der Waals surface area contributed by atoms with Gasteiger partial charge >= 0.3 is 0 Å². The normalized spacial score (nSPS) is 18.2. The highest BCUT2D eigenvalue weighted by Crippen LogP contribution is 2.21. The van der Waals surface area contributed by atoms with Gasteiger partial charge in [-0.25, -0.2) is 4.98 Å². The van der Waals surface area contributed by atoms with E-state index in [1.54, 1.807) is 17.1 Å². The molecule has 22 heavy (non-hydrogen) atoms. The molecule has 2 aromatic heterocycles. The maximum Gasteiger partial charge on any atom is 0.229 e. The van der Waals surface area contributed by atoms with Gasteiger partial charge in [0, 0.05) is 32.4 Å². The Morgan fingerprint density at radius 3 is 3.14 bits per heavy atom. The van der Waals surface area contributed by atoms with Crippen LogP contribution in [0.5, 0.6) is 0 Å². The maximum atomic E-state index is 6.14. The fourth-order valence-electron chi connectivity index (χ4n) is 2.14. The average Bonchev–Trinajstić information content (AvgIpc) is 2.94. The monoisotopic (exact) mass is 323 g/mol. The van der Waals surface area contributed by atoms with Crippen LogP contribution in [0.25, 0.3) is 0 Å². The Morgan fingerprint density at radius 2 is 2.41 bits per heavy atom. The van der Waals surface area contributed by atoms with Crippen LogP contribution in [-0.4, -0.2) is 52.1 Å². The summed E-state index contributed by atoms with van der Waals surface area (Å²) in [5, 5.41) is 14.2. The molecule has 0 saturated carbocycles. The first kappa shape index (κ1) is 15.0. The molecule has 1 saturated heterocycles. The second-order valence-electron chi connectivity index (χ2n) is 5.02.